The maximum absolute atomic E-state index is 10.0. The number of hydrogen-bond donors (Lipinski definition) is 1. The molecule has 4 atom stereocenters. The van der Waals surface area contributed by atoms with Gasteiger partial charge in [-0.15, -0.1) is 0 Å². The first kappa shape index (κ1) is 20.0. The second-order valence-corrected chi connectivity index (χ2v) is 14.9. The topological polar surface area (TPSA) is 42.0 Å². The Morgan fingerprint density at radius 3 is 2.14 bits per heavy atom. The van der Waals surface area contributed by atoms with Crippen LogP contribution in [-0.4, -0.2) is 41.6 Å². The molecule has 0 unspecified atom stereocenters. The van der Waals surface area contributed by atoms with Gasteiger partial charge in [-0.25, -0.2) is 0 Å². The molecule has 0 bridgehead atoms. The third-order valence-corrected chi connectivity index (χ3v) is 9.93. The first-order chi connectivity index (χ1) is 9.12. The molecular weight excluding hydrogens is 351 g/mol. The summed E-state index contributed by atoms with van der Waals surface area (Å²) in [4.78, 5) is 0. The number of ether oxygens (including phenoxy) is 1. The molecule has 0 aromatic heterocycles. The van der Waals surface area contributed by atoms with Crippen LogP contribution in [0, 0.1) is 5.92 Å². The molecule has 1 saturated heterocycles. The van der Waals surface area contributed by atoms with Crippen LogP contribution in [0.2, 0.25) is 18.1 Å². The molecule has 0 aromatic rings. The van der Waals surface area contributed by atoms with E-state index in [1.807, 2.05) is 13.8 Å². The van der Waals surface area contributed by atoms with Crippen molar-refractivity contribution in [3.8, 4) is 0 Å². The number of hydrogen-bond acceptors (Lipinski definition) is 3. The molecule has 0 saturated carbocycles. The number of alkyl halides is 3. The average molecular weight is 378 g/mol. The Morgan fingerprint density at radius 2 is 1.76 bits per heavy atom. The second-order valence-electron chi connectivity index (χ2n) is 7.75. The minimum absolute atomic E-state index is 0.149. The summed E-state index contributed by atoms with van der Waals surface area (Å²) in [6, 6.07) is 0. The van der Waals surface area contributed by atoms with E-state index in [-0.39, 0.29) is 17.1 Å². The van der Waals surface area contributed by atoms with Crippen LogP contribution in [-0.2, 0) is 9.16 Å². The molecule has 3 nitrogen and oxygen atoms in total. The first-order valence-electron chi connectivity index (χ1n) is 7.18. The van der Waals surface area contributed by atoms with Crippen LogP contribution < -0.4 is 0 Å². The summed E-state index contributed by atoms with van der Waals surface area (Å²) < 4.78 is 10.3. The Kier molecular flexibility index (Phi) is 5.83. The van der Waals surface area contributed by atoms with Gasteiger partial charge in [-0.05, 0) is 25.1 Å². The highest BCUT2D eigenvalue weighted by atomic mass is 35.6. The zero-order valence-corrected chi connectivity index (χ0v) is 17.1. The van der Waals surface area contributed by atoms with E-state index in [1.54, 1.807) is 0 Å². The largest absolute Gasteiger partial charge is 0.414 e. The fourth-order valence-electron chi connectivity index (χ4n) is 2.04. The van der Waals surface area contributed by atoms with Crippen LogP contribution in [0.5, 0.6) is 0 Å². The Balaban J connectivity index is 2.61. The summed E-state index contributed by atoms with van der Waals surface area (Å²) in [5.74, 6) is -0.273. The van der Waals surface area contributed by atoms with Crippen molar-refractivity contribution in [2.24, 2.45) is 5.92 Å². The Hall–Kier alpha value is 0.967. The lowest BCUT2D eigenvalue weighted by atomic mass is 9.94. The quantitative estimate of drug-likeness (QED) is 0.434. The molecule has 1 fully saturated rings. The molecule has 1 heterocycles. The van der Waals surface area contributed by atoms with Gasteiger partial charge in [0.05, 0.1) is 12.7 Å². The minimum atomic E-state index is -1.82. The zero-order valence-electron chi connectivity index (χ0n) is 13.8. The summed E-state index contributed by atoms with van der Waals surface area (Å²) in [6.45, 7) is 15.3. The number of halogens is 3. The van der Waals surface area contributed by atoms with Gasteiger partial charge in [0.15, 0.2) is 8.32 Å². The highest BCUT2D eigenvalue weighted by molar-refractivity contribution is 6.74. The van der Waals surface area contributed by atoms with Gasteiger partial charge in [-0.3, -0.25) is 0 Å². The highest BCUT2D eigenvalue weighted by Gasteiger charge is 2.59. The second kappa shape index (κ2) is 6.12. The van der Waals surface area contributed by atoms with E-state index in [4.69, 9.17) is 44.0 Å². The third-order valence-electron chi connectivity index (χ3n) is 4.78. The molecule has 0 spiro atoms. The van der Waals surface area contributed by atoms with Crippen molar-refractivity contribution < 1.29 is 14.3 Å². The minimum Gasteiger partial charge on any atom is -0.414 e. The molecule has 1 N–H and O–H groups in total. The molecule has 21 heavy (non-hydrogen) atoms. The Bertz CT molecular complexity index is 379. The zero-order chi connectivity index (χ0) is 16.9. The molecule has 1 rings (SSSR count). The molecule has 0 aromatic carbocycles. The molecule has 0 aliphatic carbocycles. The summed E-state index contributed by atoms with van der Waals surface area (Å²) in [7, 11) is -1.82. The number of aliphatic hydroxyl groups excluding tert-OH is 1. The number of epoxide rings is 1. The fourth-order valence-corrected chi connectivity index (χ4v) is 3.72. The number of aliphatic hydroxyl groups is 1. The standard InChI is InChI=1S/C14H27Cl3O3Si/c1-9(10(18)14(15,16)17)11-13(5,20-11)8-19-21(6,7)12(2,3)4/h9-11,18H,8H2,1-7H3/t9-,10-,11-,13-/m0/s1. The van der Waals surface area contributed by atoms with Crippen molar-refractivity contribution in [2.75, 3.05) is 6.61 Å². The fraction of sp³-hybridized carbons (Fsp3) is 1.00. The predicted molar refractivity (Wildman–Crippen MR) is 91.9 cm³/mol. The van der Waals surface area contributed by atoms with Crippen LogP contribution in [0.15, 0.2) is 0 Å². The Labute approximate surface area is 144 Å². The van der Waals surface area contributed by atoms with Gasteiger partial charge < -0.3 is 14.3 Å². The summed E-state index contributed by atoms with van der Waals surface area (Å²) in [6.07, 6.45) is -1.23. The molecule has 0 amide bonds. The number of rotatable bonds is 5. The van der Waals surface area contributed by atoms with Gasteiger partial charge in [0, 0.05) is 5.92 Å². The average Bonchev–Trinajstić information content (AvgIpc) is 2.95. The van der Waals surface area contributed by atoms with Crippen LogP contribution >= 0.6 is 34.8 Å². The predicted octanol–water partition coefficient (Wildman–Crippen LogP) is 4.53. The van der Waals surface area contributed by atoms with Crippen LogP contribution in [0.1, 0.15) is 34.6 Å². The van der Waals surface area contributed by atoms with Crippen molar-refractivity contribution in [2.45, 2.75) is 74.4 Å². The molecule has 1 aliphatic heterocycles. The molecule has 126 valence electrons. The van der Waals surface area contributed by atoms with Crippen LogP contribution in [0.3, 0.4) is 0 Å². The van der Waals surface area contributed by atoms with E-state index in [0.29, 0.717) is 6.61 Å². The maximum Gasteiger partial charge on any atom is 0.216 e. The van der Waals surface area contributed by atoms with Crippen LogP contribution in [0.4, 0.5) is 0 Å². The van der Waals surface area contributed by atoms with E-state index in [2.05, 4.69) is 33.9 Å². The van der Waals surface area contributed by atoms with Gasteiger partial charge >= 0.3 is 0 Å². The lowest BCUT2D eigenvalue weighted by Crippen LogP contribution is -2.44. The Morgan fingerprint density at radius 1 is 1.29 bits per heavy atom. The van der Waals surface area contributed by atoms with E-state index >= 15 is 0 Å². The van der Waals surface area contributed by atoms with E-state index in [0.717, 1.165) is 0 Å². The molecule has 0 radical (unpaired) electrons. The first-order valence-corrected chi connectivity index (χ1v) is 11.2. The maximum atomic E-state index is 10.0. The highest BCUT2D eigenvalue weighted by Crippen LogP contribution is 2.47. The van der Waals surface area contributed by atoms with E-state index in [1.165, 1.54) is 0 Å². The lowest BCUT2D eigenvalue weighted by molar-refractivity contribution is 0.102. The van der Waals surface area contributed by atoms with Gasteiger partial charge in [0.1, 0.15) is 11.7 Å². The van der Waals surface area contributed by atoms with Crippen molar-refractivity contribution in [3.05, 3.63) is 0 Å². The normalized spacial score (nSPS) is 30.1. The van der Waals surface area contributed by atoms with Crippen molar-refractivity contribution in [3.63, 3.8) is 0 Å². The van der Waals surface area contributed by atoms with Gasteiger partial charge in [-0.1, -0.05) is 62.5 Å². The summed E-state index contributed by atoms with van der Waals surface area (Å²) in [5.41, 5.74) is -0.411. The lowest BCUT2D eigenvalue weighted by Gasteiger charge is -2.36. The van der Waals surface area contributed by atoms with E-state index in [9.17, 15) is 5.11 Å². The third kappa shape index (κ3) is 4.72. The van der Waals surface area contributed by atoms with Crippen LogP contribution in [0.25, 0.3) is 0 Å². The summed E-state index contributed by atoms with van der Waals surface area (Å²) >= 11 is 17.3. The van der Waals surface area contributed by atoms with Gasteiger partial charge in [0.25, 0.3) is 0 Å². The van der Waals surface area contributed by atoms with Crippen molar-refractivity contribution in [1.82, 2.24) is 0 Å². The smallest absolute Gasteiger partial charge is 0.216 e. The SMILES string of the molecule is C[C@@H]([C@H](O)C(Cl)(Cl)Cl)[C@@H]1O[C@@]1(C)CO[Si](C)(C)C(C)(C)C. The molecular formula is C14H27Cl3O3Si. The summed E-state index contributed by atoms with van der Waals surface area (Å²) in [5, 5.41) is 10.2. The van der Waals surface area contributed by atoms with Crippen molar-refractivity contribution in [1.29, 1.82) is 0 Å². The van der Waals surface area contributed by atoms with Gasteiger partial charge in [0.2, 0.25) is 3.79 Å². The molecule has 1 aliphatic rings. The van der Waals surface area contributed by atoms with Crippen molar-refractivity contribution >= 4 is 43.1 Å². The van der Waals surface area contributed by atoms with E-state index < -0.39 is 23.8 Å². The monoisotopic (exact) mass is 376 g/mol. The van der Waals surface area contributed by atoms with Gasteiger partial charge in [-0.2, -0.15) is 0 Å². The molecule has 7 heteroatoms.